The van der Waals surface area contributed by atoms with Gasteiger partial charge in [-0.05, 0) is 42.6 Å². The van der Waals surface area contributed by atoms with E-state index in [4.69, 9.17) is 0 Å². The van der Waals surface area contributed by atoms with Crippen molar-refractivity contribution in [3.63, 3.8) is 0 Å². The molecule has 3 nitrogen and oxygen atoms in total. The van der Waals surface area contributed by atoms with Gasteiger partial charge in [-0.25, -0.2) is 8.42 Å². The second-order valence-electron chi connectivity index (χ2n) is 5.34. The van der Waals surface area contributed by atoms with Gasteiger partial charge in [-0.15, -0.1) is 12.4 Å². The van der Waals surface area contributed by atoms with Crippen molar-refractivity contribution in [3.8, 4) is 0 Å². The van der Waals surface area contributed by atoms with Crippen molar-refractivity contribution in [2.45, 2.75) is 31.7 Å². The topological polar surface area (TPSA) is 46.2 Å². The Morgan fingerprint density at radius 3 is 2.35 bits per heavy atom. The third kappa shape index (κ3) is 5.37. The average Bonchev–Trinajstić information content (AvgIpc) is 2.95. The minimum atomic E-state index is -2.82. The summed E-state index contributed by atoms with van der Waals surface area (Å²) >= 11 is 2.02. The fourth-order valence-corrected chi connectivity index (χ4v) is 4.98. The van der Waals surface area contributed by atoms with E-state index in [-0.39, 0.29) is 17.8 Å². The predicted molar refractivity (Wildman–Crippen MR) is 77.0 cm³/mol. The van der Waals surface area contributed by atoms with Crippen LogP contribution in [0.25, 0.3) is 0 Å². The van der Waals surface area contributed by atoms with E-state index >= 15 is 0 Å². The van der Waals surface area contributed by atoms with Crippen molar-refractivity contribution in [3.05, 3.63) is 0 Å². The van der Waals surface area contributed by atoms with E-state index in [1.165, 1.54) is 30.6 Å². The van der Waals surface area contributed by atoms with Gasteiger partial charge in [0.2, 0.25) is 0 Å². The summed E-state index contributed by atoms with van der Waals surface area (Å²) in [5.41, 5.74) is 0.0815. The number of rotatable bonds is 5. The van der Waals surface area contributed by atoms with Gasteiger partial charge in [-0.3, -0.25) is 0 Å². The van der Waals surface area contributed by atoms with E-state index in [1.54, 1.807) is 0 Å². The maximum atomic E-state index is 11.3. The van der Waals surface area contributed by atoms with E-state index in [0.717, 1.165) is 19.4 Å². The van der Waals surface area contributed by atoms with Crippen molar-refractivity contribution < 1.29 is 8.42 Å². The molecule has 2 aliphatic rings. The van der Waals surface area contributed by atoms with Gasteiger partial charge in [-0.2, -0.15) is 11.8 Å². The zero-order valence-electron chi connectivity index (χ0n) is 10.3. The van der Waals surface area contributed by atoms with Crippen LogP contribution in [-0.2, 0) is 9.84 Å². The number of hydrogen-bond acceptors (Lipinski definition) is 4. The Hall–Kier alpha value is 0.550. The molecule has 0 aromatic carbocycles. The highest BCUT2D eigenvalue weighted by molar-refractivity contribution is 7.99. The zero-order chi connectivity index (χ0) is 11.6. The van der Waals surface area contributed by atoms with Gasteiger partial charge in [0.25, 0.3) is 0 Å². The first-order chi connectivity index (χ1) is 7.49. The van der Waals surface area contributed by atoms with Crippen LogP contribution in [0.3, 0.4) is 0 Å². The Kier molecular flexibility index (Phi) is 5.63. The minimum Gasteiger partial charge on any atom is -0.313 e. The molecule has 17 heavy (non-hydrogen) atoms. The maximum absolute atomic E-state index is 11.3. The lowest BCUT2D eigenvalue weighted by atomic mass is 10.1. The minimum absolute atomic E-state index is 0. The van der Waals surface area contributed by atoms with Crippen molar-refractivity contribution in [1.82, 2.24) is 5.32 Å². The molecular weight excluding hydrogens is 278 g/mol. The Bertz CT molecular complexity index is 335. The molecule has 0 bridgehead atoms. The number of hydrogen-bond donors (Lipinski definition) is 1. The molecule has 0 aromatic rings. The molecule has 0 aromatic heterocycles. The lowest BCUT2D eigenvalue weighted by molar-refractivity contribution is 0.415. The highest BCUT2D eigenvalue weighted by atomic mass is 35.5. The number of halogens is 1. The molecule has 1 aliphatic heterocycles. The molecule has 1 saturated carbocycles. The van der Waals surface area contributed by atoms with Crippen LogP contribution < -0.4 is 5.32 Å². The van der Waals surface area contributed by atoms with Crippen LogP contribution in [0.5, 0.6) is 0 Å². The van der Waals surface area contributed by atoms with Crippen LogP contribution in [0, 0.1) is 5.41 Å². The summed E-state index contributed by atoms with van der Waals surface area (Å²) in [4.78, 5) is 0. The largest absolute Gasteiger partial charge is 0.313 e. The second-order valence-corrected chi connectivity index (χ2v) is 8.70. The van der Waals surface area contributed by atoms with E-state index in [0.29, 0.717) is 11.8 Å². The molecule has 2 fully saturated rings. The van der Waals surface area contributed by atoms with Gasteiger partial charge in [-0.1, -0.05) is 0 Å². The molecule has 6 heteroatoms. The first-order valence-corrected chi connectivity index (χ1v) is 9.20. The lowest BCUT2D eigenvalue weighted by Crippen LogP contribution is -2.38. The average molecular weight is 300 g/mol. The molecule has 2 rings (SSSR count). The highest BCUT2D eigenvalue weighted by Gasteiger charge is 2.45. The summed E-state index contributed by atoms with van der Waals surface area (Å²) in [6.45, 7) is 0.898. The third-order valence-electron chi connectivity index (χ3n) is 3.51. The fraction of sp³-hybridized carbons (Fsp3) is 1.00. The molecule has 0 atom stereocenters. The van der Waals surface area contributed by atoms with E-state index in [2.05, 4.69) is 5.32 Å². The molecule has 0 unspecified atom stereocenters. The van der Waals surface area contributed by atoms with E-state index in [1.807, 2.05) is 11.8 Å². The number of nitrogens with one attached hydrogen (secondary N) is 1. The fourth-order valence-electron chi connectivity index (χ4n) is 2.37. The van der Waals surface area contributed by atoms with Gasteiger partial charge in [0, 0.05) is 18.8 Å². The van der Waals surface area contributed by atoms with Crippen molar-refractivity contribution in [2.75, 3.05) is 30.1 Å². The summed E-state index contributed by atoms with van der Waals surface area (Å²) < 4.78 is 22.6. The molecule has 1 N–H and O–H groups in total. The number of sulfone groups is 1. The zero-order valence-corrected chi connectivity index (χ0v) is 12.7. The summed E-state index contributed by atoms with van der Waals surface area (Å²) in [5, 5.41) is 3.57. The van der Waals surface area contributed by atoms with Gasteiger partial charge >= 0.3 is 0 Å². The Balaban J connectivity index is 0.00000144. The Labute approximate surface area is 115 Å². The predicted octanol–water partition coefficient (Wildman–Crippen LogP) is 1.72. The van der Waals surface area contributed by atoms with Crippen molar-refractivity contribution >= 4 is 34.0 Å². The molecule has 1 saturated heterocycles. The van der Waals surface area contributed by atoms with Crippen LogP contribution >= 0.6 is 24.2 Å². The third-order valence-corrected chi connectivity index (χ3v) is 5.70. The second kappa shape index (κ2) is 6.13. The van der Waals surface area contributed by atoms with Gasteiger partial charge in [0.05, 0.1) is 5.75 Å². The summed E-state index contributed by atoms with van der Waals surface area (Å²) in [5.74, 6) is 2.86. The SMILES string of the molecule is CS(=O)(=O)CC1(CNC2CCSCC2)CC1.Cl. The summed E-state index contributed by atoms with van der Waals surface area (Å²) in [7, 11) is -2.82. The van der Waals surface area contributed by atoms with Gasteiger partial charge in [0.15, 0.2) is 0 Å². The maximum Gasteiger partial charge on any atom is 0.148 e. The smallest absolute Gasteiger partial charge is 0.148 e. The van der Waals surface area contributed by atoms with Gasteiger partial charge in [0.1, 0.15) is 9.84 Å². The first kappa shape index (κ1) is 15.6. The molecular formula is C11H22ClNO2S2. The van der Waals surface area contributed by atoms with E-state index < -0.39 is 9.84 Å². The van der Waals surface area contributed by atoms with Crippen molar-refractivity contribution in [1.29, 1.82) is 0 Å². The van der Waals surface area contributed by atoms with Crippen LogP contribution in [0.15, 0.2) is 0 Å². The standard InChI is InChI=1S/C11H21NO2S2.ClH/c1-16(13,14)9-11(4-5-11)8-12-10-2-6-15-7-3-10;/h10,12H,2-9H2,1H3;1H. The van der Waals surface area contributed by atoms with Crippen LogP contribution in [0.4, 0.5) is 0 Å². The lowest BCUT2D eigenvalue weighted by Gasteiger charge is -2.25. The Morgan fingerprint density at radius 1 is 1.29 bits per heavy atom. The van der Waals surface area contributed by atoms with Gasteiger partial charge < -0.3 is 5.32 Å². The van der Waals surface area contributed by atoms with Crippen LogP contribution in [-0.4, -0.2) is 44.5 Å². The first-order valence-electron chi connectivity index (χ1n) is 5.98. The molecule has 0 spiro atoms. The molecule has 0 radical (unpaired) electrons. The molecule has 1 aliphatic carbocycles. The van der Waals surface area contributed by atoms with Crippen LogP contribution in [0.1, 0.15) is 25.7 Å². The van der Waals surface area contributed by atoms with Crippen LogP contribution in [0.2, 0.25) is 0 Å². The monoisotopic (exact) mass is 299 g/mol. The summed E-state index contributed by atoms with van der Waals surface area (Å²) in [6.07, 6.45) is 5.98. The normalized spacial score (nSPS) is 24.1. The Morgan fingerprint density at radius 2 is 1.88 bits per heavy atom. The quantitative estimate of drug-likeness (QED) is 0.840. The summed E-state index contributed by atoms with van der Waals surface area (Å²) in [6, 6.07) is 0.623. The molecule has 0 amide bonds. The highest BCUT2D eigenvalue weighted by Crippen LogP contribution is 2.46. The van der Waals surface area contributed by atoms with E-state index in [9.17, 15) is 8.42 Å². The number of thioether (sulfide) groups is 1. The molecule has 1 heterocycles. The molecule has 102 valence electrons. The van der Waals surface area contributed by atoms with Crippen molar-refractivity contribution in [2.24, 2.45) is 5.41 Å².